The molecule has 0 N–H and O–H groups in total. The quantitative estimate of drug-likeness (QED) is 0.442. The van der Waals surface area contributed by atoms with Crippen molar-refractivity contribution >= 4 is 5.97 Å². The predicted molar refractivity (Wildman–Crippen MR) is 40.7 cm³/mol. The maximum Gasteiger partial charge on any atom is 0.302 e. The number of esters is 1. The van der Waals surface area contributed by atoms with E-state index in [9.17, 15) is 4.79 Å². The normalized spacial score (nSPS) is 10.2. The van der Waals surface area contributed by atoms with Crippen molar-refractivity contribution in [3.05, 3.63) is 12.2 Å². The molecule has 58 valence electrons. The molecule has 0 aromatic carbocycles. The largest absolute Gasteiger partial charge is 0.462 e. The van der Waals surface area contributed by atoms with Crippen LogP contribution in [-0.4, -0.2) is 12.6 Å². The van der Waals surface area contributed by atoms with Crippen LogP contribution in [0.2, 0.25) is 0 Å². The van der Waals surface area contributed by atoms with E-state index in [0.717, 1.165) is 12.8 Å². The minimum atomic E-state index is -0.221. The van der Waals surface area contributed by atoms with Crippen molar-refractivity contribution in [1.82, 2.24) is 0 Å². The minimum absolute atomic E-state index is 0.221. The maximum atomic E-state index is 10.2. The van der Waals surface area contributed by atoms with Gasteiger partial charge in [-0.1, -0.05) is 25.5 Å². The van der Waals surface area contributed by atoms with Gasteiger partial charge in [0, 0.05) is 6.92 Å². The van der Waals surface area contributed by atoms with Gasteiger partial charge < -0.3 is 4.74 Å². The van der Waals surface area contributed by atoms with Gasteiger partial charge in [0.25, 0.3) is 0 Å². The van der Waals surface area contributed by atoms with Crippen molar-refractivity contribution in [3.63, 3.8) is 0 Å². The summed E-state index contributed by atoms with van der Waals surface area (Å²) in [7, 11) is 0. The van der Waals surface area contributed by atoms with Gasteiger partial charge in [0.2, 0.25) is 0 Å². The predicted octanol–water partition coefficient (Wildman–Crippen LogP) is 1.91. The van der Waals surface area contributed by atoms with Crippen molar-refractivity contribution in [3.8, 4) is 0 Å². The van der Waals surface area contributed by atoms with Gasteiger partial charge in [0.15, 0.2) is 0 Å². The highest BCUT2D eigenvalue weighted by atomic mass is 16.5. The summed E-state index contributed by atoms with van der Waals surface area (Å²) in [5.74, 6) is -0.221. The summed E-state index contributed by atoms with van der Waals surface area (Å²) < 4.78 is 4.66. The van der Waals surface area contributed by atoms with E-state index in [1.807, 2.05) is 12.2 Å². The van der Waals surface area contributed by atoms with Crippen molar-refractivity contribution in [2.75, 3.05) is 6.61 Å². The third-order valence-corrected chi connectivity index (χ3v) is 1.00. The van der Waals surface area contributed by atoms with E-state index in [2.05, 4.69) is 11.7 Å². The Morgan fingerprint density at radius 1 is 1.50 bits per heavy atom. The van der Waals surface area contributed by atoms with Gasteiger partial charge in [-0.25, -0.2) is 0 Å². The molecule has 0 aliphatic carbocycles. The second-order valence-corrected chi connectivity index (χ2v) is 2.06. The van der Waals surface area contributed by atoms with Crippen LogP contribution < -0.4 is 0 Å². The SMILES string of the molecule is CCC/C=C\COC(C)=O. The number of carbonyl (C=O) groups excluding carboxylic acids is 1. The summed E-state index contributed by atoms with van der Waals surface area (Å²) in [6.07, 6.45) is 6.08. The Balaban J connectivity index is 3.10. The van der Waals surface area contributed by atoms with E-state index in [1.54, 1.807) is 0 Å². The Hall–Kier alpha value is -0.790. The van der Waals surface area contributed by atoms with Gasteiger partial charge in [-0.05, 0) is 6.42 Å². The molecule has 0 aliphatic rings. The number of ether oxygens (including phenoxy) is 1. The molecule has 0 heterocycles. The molecule has 2 nitrogen and oxygen atoms in total. The summed E-state index contributed by atoms with van der Waals surface area (Å²) in [6.45, 7) is 3.93. The summed E-state index contributed by atoms with van der Waals surface area (Å²) >= 11 is 0. The number of hydrogen-bond donors (Lipinski definition) is 0. The lowest BCUT2D eigenvalue weighted by Crippen LogP contribution is -1.97. The van der Waals surface area contributed by atoms with Crippen LogP contribution in [0, 0.1) is 0 Å². The fourth-order valence-corrected chi connectivity index (χ4v) is 0.518. The van der Waals surface area contributed by atoms with Crippen LogP contribution in [0.5, 0.6) is 0 Å². The zero-order valence-electron chi connectivity index (χ0n) is 6.59. The summed E-state index contributed by atoms with van der Waals surface area (Å²) in [6, 6.07) is 0. The molecule has 0 aliphatic heterocycles. The first-order valence-corrected chi connectivity index (χ1v) is 3.55. The topological polar surface area (TPSA) is 26.3 Å². The second-order valence-electron chi connectivity index (χ2n) is 2.06. The Labute approximate surface area is 61.9 Å². The zero-order valence-corrected chi connectivity index (χ0v) is 6.59. The lowest BCUT2D eigenvalue weighted by Gasteiger charge is -1.93. The standard InChI is InChI=1S/C8H14O2/c1-3-4-5-6-7-10-8(2)9/h5-6H,3-4,7H2,1-2H3/b6-5-. The molecule has 2 heteroatoms. The lowest BCUT2D eigenvalue weighted by molar-refractivity contribution is -0.139. The molecule has 0 bridgehead atoms. The van der Waals surface area contributed by atoms with Gasteiger partial charge in [-0.15, -0.1) is 0 Å². The molecule has 0 saturated carbocycles. The molecular weight excluding hydrogens is 128 g/mol. The highest BCUT2D eigenvalue weighted by molar-refractivity contribution is 5.65. The first-order valence-electron chi connectivity index (χ1n) is 3.55. The van der Waals surface area contributed by atoms with E-state index >= 15 is 0 Å². The summed E-state index contributed by atoms with van der Waals surface area (Å²) in [5, 5.41) is 0. The van der Waals surface area contributed by atoms with Crippen LogP contribution in [-0.2, 0) is 9.53 Å². The zero-order chi connectivity index (χ0) is 7.82. The monoisotopic (exact) mass is 142 g/mol. The van der Waals surface area contributed by atoms with Crippen LogP contribution in [0.25, 0.3) is 0 Å². The van der Waals surface area contributed by atoms with Gasteiger partial charge in [0.05, 0.1) is 0 Å². The molecule has 0 aromatic heterocycles. The van der Waals surface area contributed by atoms with Gasteiger partial charge in [-0.3, -0.25) is 4.79 Å². The Morgan fingerprint density at radius 2 is 2.20 bits per heavy atom. The Kier molecular flexibility index (Phi) is 5.83. The van der Waals surface area contributed by atoms with Crippen molar-refractivity contribution in [2.24, 2.45) is 0 Å². The van der Waals surface area contributed by atoms with E-state index in [0.29, 0.717) is 6.61 Å². The molecule has 0 unspecified atom stereocenters. The van der Waals surface area contributed by atoms with Crippen LogP contribution >= 0.6 is 0 Å². The fourth-order valence-electron chi connectivity index (χ4n) is 0.518. The van der Waals surface area contributed by atoms with Gasteiger partial charge in [0.1, 0.15) is 6.61 Å². The molecule has 0 fully saturated rings. The molecule has 0 saturated heterocycles. The van der Waals surface area contributed by atoms with E-state index < -0.39 is 0 Å². The minimum Gasteiger partial charge on any atom is -0.462 e. The second kappa shape index (κ2) is 6.33. The number of unbranched alkanes of at least 4 members (excludes halogenated alkanes) is 1. The first-order chi connectivity index (χ1) is 4.77. The van der Waals surface area contributed by atoms with Crippen molar-refractivity contribution in [1.29, 1.82) is 0 Å². The van der Waals surface area contributed by atoms with Gasteiger partial charge in [-0.2, -0.15) is 0 Å². The number of hydrogen-bond acceptors (Lipinski definition) is 2. The smallest absolute Gasteiger partial charge is 0.302 e. The van der Waals surface area contributed by atoms with Crippen molar-refractivity contribution < 1.29 is 9.53 Å². The van der Waals surface area contributed by atoms with Crippen LogP contribution in [0.15, 0.2) is 12.2 Å². The maximum absolute atomic E-state index is 10.2. The number of rotatable bonds is 4. The van der Waals surface area contributed by atoms with Gasteiger partial charge >= 0.3 is 5.97 Å². The average Bonchev–Trinajstić information content (AvgIpc) is 1.87. The van der Waals surface area contributed by atoms with E-state index in [-0.39, 0.29) is 5.97 Å². The fraction of sp³-hybridized carbons (Fsp3) is 0.625. The molecule has 0 aromatic rings. The number of allylic oxidation sites excluding steroid dienone is 1. The molecule has 0 atom stereocenters. The van der Waals surface area contributed by atoms with E-state index in [4.69, 9.17) is 0 Å². The first kappa shape index (κ1) is 9.21. The van der Waals surface area contributed by atoms with Crippen molar-refractivity contribution in [2.45, 2.75) is 26.7 Å². The van der Waals surface area contributed by atoms with Crippen LogP contribution in [0.1, 0.15) is 26.7 Å². The average molecular weight is 142 g/mol. The third-order valence-electron chi connectivity index (χ3n) is 1.00. The molecule has 0 radical (unpaired) electrons. The summed E-state index contributed by atoms with van der Waals surface area (Å²) in [5.41, 5.74) is 0. The third kappa shape index (κ3) is 7.21. The van der Waals surface area contributed by atoms with E-state index in [1.165, 1.54) is 6.92 Å². The van der Waals surface area contributed by atoms with Crippen LogP contribution in [0.4, 0.5) is 0 Å². The molecule has 0 rings (SSSR count). The Morgan fingerprint density at radius 3 is 2.70 bits per heavy atom. The Bertz CT molecular complexity index is 116. The lowest BCUT2D eigenvalue weighted by atomic mass is 10.3. The van der Waals surface area contributed by atoms with Crippen LogP contribution in [0.3, 0.4) is 0 Å². The molecular formula is C8H14O2. The highest BCUT2D eigenvalue weighted by Gasteiger charge is 1.85. The molecule has 10 heavy (non-hydrogen) atoms. The number of carbonyl (C=O) groups is 1. The molecule has 0 amide bonds. The highest BCUT2D eigenvalue weighted by Crippen LogP contribution is 1.88. The summed E-state index contributed by atoms with van der Waals surface area (Å²) in [4.78, 5) is 10.2. The molecule has 0 spiro atoms.